The van der Waals surface area contributed by atoms with E-state index >= 15 is 0 Å². The first kappa shape index (κ1) is 46.9. The number of hydrogen-bond donors (Lipinski definition) is 6. The van der Waals surface area contributed by atoms with Gasteiger partial charge in [0.15, 0.2) is 5.75 Å². The molecule has 2 aromatic rings. The number of esters is 1. The molecule has 1 saturated heterocycles. The fourth-order valence-corrected chi connectivity index (χ4v) is 8.80. The van der Waals surface area contributed by atoms with E-state index in [1.54, 1.807) is 39.8 Å². The predicted molar refractivity (Wildman–Crippen MR) is 230 cm³/mol. The Hall–Kier alpha value is -5.16. The highest BCUT2D eigenvalue weighted by atomic mass is 16.7. The minimum atomic E-state index is -2.05. The number of ketones is 1. The van der Waals surface area contributed by atoms with Crippen molar-refractivity contribution in [3.8, 4) is 23.0 Å². The van der Waals surface area contributed by atoms with Crippen LogP contribution in [0.1, 0.15) is 83.8 Å². The fourth-order valence-electron chi connectivity index (χ4n) is 8.80. The lowest BCUT2D eigenvalue weighted by atomic mass is 9.78. The third kappa shape index (κ3) is 9.08. The summed E-state index contributed by atoms with van der Waals surface area (Å²) in [5.74, 6) is -8.39. The summed E-state index contributed by atoms with van der Waals surface area (Å²) in [6, 6.07) is -0.100. The van der Waals surface area contributed by atoms with Crippen LogP contribution in [0.5, 0.6) is 23.0 Å². The number of nitrogens with zero attached hydrogens (tertiary/aromatic N) is 3. The van der Waals surface area contributed by atoms with Crippen LogP contribution in [-0.2, 0) is 23.8 Å². The lowest BCUT2D eigenvalue weighted by Crippen LogP contribution is -2.53. The molecular formula is C45H62N4O12. The summed E-state index contributed by atoms with van der Waals surface area (Å²) in [5, 5.41) is 67.5. The number of likely N-dealkylation sites (N-methyl/N-ethyl adjacent to an activating group) is 1. The number of hydrazone groups is 1. The van der Waals surface area contributed by atoms with Crippen LogP contribution >= 0.6 is 0 Å². The maximum atomic E-state index is 14.5. The number of hydrogen-bond acceptors (Lipinski definition) is 15. The first-order chi connectivity index (χ1) is 28.6. The van der Waals surface area contributed by atoms with Crippen molar-refractivity contribution in [3.63, 3.8) is 0 Å². The average molecular weight is 851 g/mol. The number of phenols is 3. The Morgan fingerprint density at radius 3 is 2.18 bits per heavy atom. The Kier molecular flexibility index (Phi) is 14.2. The molecule has 6 rings (SSSR count). The van der Waals surface area contributed by atoms with Gasteiger partial charge < -0.3 is 54.7 Å². The quantitative estimate of drug-likeness (QED) is 0.102. The largest absolute Gasteiger partial charge is 0.507 e. The molecule has 0 aliphatic carbocycles. The molecule has 4 heterocycles. The Morgan fingerprint density at radius 1 is 0.934 bits per heavy atom. The van der Waals surface area contributed by atoms with E-state index in [1.807, 2.05) is 25.9 Å². The highest BCUT2D eigenvalue weighted by Crippen LogP contribution is 2.55. The molecule has 11 atom stereocenters. The minimum Gasteiger partial charge on any atom is -0.507 e. The van der Waals surface area contributed by atoms with Crippen molar-refractivity contribution in [2.45, 2.75) is 112 Å². The molecule has 4 aliphatic heterocycles. The van der Waals surface area contributed by atoms with Crippen LogP contribution < -0.4 is 10.1 Å². The lowest BCUT2D eigenvalue weighted by Gasteiger charge is -2.41. The van der Waals surface area contributed by atoms with Crippen LogP contribution in [0, 0.1) is 30.6 Å². The second kappa shape index (κ2) is 18.4. The molecular weight excluding hydrogens is 789 g/mol. The topological polar surface area (TPSA) is 220 Å². The highest BCUT2D eigenvalue weighted by molar-refractivity contribution is 6.23. The number of methoxy groups -OCH3 is 1. The average Bonchev–Trinajstić information content (AvgIpc) is 3.46. The van der Waals surface area contributed by atoms with E-state index < -0.39 is 88.8 Å². The van der Waals surface area contributed by atoms with Gasteiger partial charge in [0.1, 0.15) is 23.4 Å². The molecule has 11 unspecified atom stereocenters. The number of nitrogens with one attached hydrogen (secondary N) is 1. The molecule has 0 aromatic heterocycles. The predicted octanol–water partition coefficient (Wildman–Crippen LogP) is 5.11. The molecule has 4 aliphatic rings. The van der Waals surface area contributed by atoms with Gasteiger partial charge >= 0.3 is 11.8 Å². The van der Waals surface area contributed by atoms with E-state index in [4.69, 9.17) is 24.0 Å². The second-order valence-electron chi connectivity index (χ2n) is 17.2. The van der Waals surface area contributed by atoms with Crippen LogP contribution in [0.25, 0.3) is 10.8 Å². The Morgan fingerprint density at radius 2 is 1.57 bits per heavy atom. The molecule has 5 bridgehead atoms. The van der Waals surface area contributed by atoms with Crippen LogP contribution in [-0.4, -0.2) is 129 Å². The number of benzene rings is 2. The number of aliphatic hydroxyl groups is 2. The lowest BCUT2D eigenvalue weighted by molar-refractivity contribution is -0.160. The molecule has 16 nitrogen and oxygen atoms in total. The summed E-state index contributed by atoms with van der Waals surface area (Å²) in [4.78, 5) is 42.9. The van der Waals surface area contributed by atoms with Gasteiger partial charge in [0.2, 0.25) is 0 Å². The number of anilines is 1. The summed E-state index contributed by atoms with van der Waals surface area (Å²) in [7, 11) is 3.44. The maximum Gasteiger partial charge on any atom is 0.312 e. The fraction of sp³-hybridized carbons (Fsp3) is 0.556. The zero-order valence-corrected chi connectivity index (χ0v) is 37.1. The number of carbonyl (C=O) groups excluding carboxylic acids is 3. The smallest absolute Gasteiger partial charge is 0.312 e. The van der Waals surface area contributed by atoms with Crippen molar-refractivity contribution in [2.24, 2.45) is 28.8 Å². The van der Waals surface area contributed by atoms with Crippen molar-refractivity contribution >= 4 is 40.3 Å². The maximum absolute atomic E-state index is 14.5. The number of rotatable bonds is 4. The first-order valence-corrected chi connectivity index (χ1v) is 20.6. The van der Waals surface area contributed by atoms with E-state index in [-0.39, 0.29) is 56.6 Å². The number of carbonyl (C=O) groups is 3. The van der Waals surface area contributed by atoms with Crippen molar-refractivity contribution in [3.05, 3.63) is 52.8 Å². The normalized spacial score (nSPS) is 32.0. The minimum absolute atomic E-state index is 0.0501. The Bertz CT molecular complexity index is 2140. The van der Waals surface area contributed by atoms with E-state index in [9.17, 15) is 39.9 Å². The zero-order chi connectivity index (χ0) is 45.4. The van der Waals surface area contributed by atoms with Crippen molar-refractivity contribution in [1.82, 2.24) is 9.91 Å². The number of allylic oxidation sites excluding steroid dienone is 2. The number of Topliss-reactive ketones (excluding diaryl/α,β-unsaturated/α-hetero) is 1. The summed E-state index contributed by atoms with van der Waals surface area (Å²) in [6.07, 6.45) is 4.88. The molecule has 0 saturated carbocycles. The van der Waals surface area contributed by atoms with E-state index in [0.717, 1.165) is 0 Å². The summed E-state index contributed by atoms with van der Waals surface area (Å²) < 4.78 is 23.7. The Labute approximate surface area is 357 Å². The molecule has 0 radical (unpaired) electrons. The van der Waals surface area contributed by atoms with Crippen molar-refractivity contribution < 1.29 is 58.9 Å². The number of fused-ring (bicyclic) bond motifs is 14. The molecule has 1 fully saturated rings. The van der Waals surface area contributed by atoms with Gasteiger partial charge in [-0.3, -0.25) is 19.4 Å². The Balaban J connectivity index is 1.73. The third-order valence-corrected chi connectivity index (χ3v) is 12.4. The molecule has 0 spiro atoms. The number of aromatic hydroxyl groups is 3. The van der Waals surface area contributed by atoms with Gasteiger partial charge in [-0.05, 0) is 40.8 Å². The van der Waals surface area contributed by atoms with Crippen LogP contribution in [0.3, 0.4) is 0 Å². The highest BCUT2D eigenvalue weighted by Gasteiger charge is 2.50. The van der Waals surface area contributed by atoms with Gasteiger partial charge in [0.05, 0.1) is 65.1 Å². The van der Waals surface area contributed by atoms with Crippen molar-refractivity contribution in [2.75, 3.05) is 32.6 Å². The van der Waals surface area contributed by atoms with Gasteiger partial charge in [-0.1, -0.05) is 45.9 Å². The summed E-state index contributed by atoms with van der Waals surface area (Å²) >= 11 is 0. The number of piperazine rings is 1. The van der Waals surface area contributed by atoms with E-state index in [2.05, 4.69) is 10.2 Å². The van der Waals surface area contributed by atoms with Gasteiger partial charge in [-0.2, -0.15) is 5.10 Å². The SMILES string of the molecule is COC1C=COC2(C)Oc3c(C)c(O)c4c(O)c(c(C=NN5C(C)CN(C)CC5C)c(O)c4c3C2=O)NC(=O)C(C)=CC=CC(C)C(O)C(C)C(O)C(C)C(OC(C)=O)C1C. The molecule has 2 aromatic carbocycles. The number of amides is 1. The van der Waals surface area contributed by atoms with Crippen LogP contribution in [0.4, 0.5) is 5.69 Å². The first-order valence-electron chi connectivity index (χ1n) is 20.6. The van der Waals surface area contributed by atoms with Crippen LogP contribution in [0.15, 0.2) is 41.2 Å². The van der Waals surface area contributed by atoms with Gasteiger partial charge in [-0.15, -0.1) is 0 Å². The monoisotopic (exact) mass is 850 g/mol. The van der Waals surface area contributed by atoms with Crippen molar-refractivity contribution in [1.29, 1.82) is 0 Å². The second-order valence-corrected chi connectivity index (χ2v) is 17.2. The molecule has 61 heavy (non-hydrogen) atoms. The molecule has 6 N–H and O–H groups in total. The van der Waals surface area contributed by atoms with E-state index in [0.29, 0.717) is 13.1 Å². The van der Waals surface area contributed by atoms with E-state index in [1.165, 1.54) is 59.4 Å². The third-order valence-electron chi connectivity index (χ3n) is 12.4. The molecule has 334 valence electrons. The summed E-state index contributed by atoms with van der Waals surface area (Å²) in [5.41, 5.74) is -0.367. The molecule has 16 heteroatoms. The zero-order valence-electron chi connectivity index (χ0n) is 37.1. The number of aliphatic hydroxyl groups excluding tert-OH is 2. The summed E-state index contributed by atoms with van der Waals surface area (Å²) in [6.45, 7) is 17.9. The number of ether oxygens (including phenoxy) is 4. The van der Waals surface area contributed by atoms with Crippen LogP contribution in [0.2, 0.25) is 0 Å². The van der Waals surface area contributed by atoms with Gasteiger partial charge in [0.25, 0.3) is 11.7 Å². The van der Waals surface area contributed by atoms with Gasteiger partial charge in [-0.25, -0.2) is 0 Å². The standard InChI is InChI=1S/C45H62N4O12/c1-21-14-13-15-22(2)44(57)47-35-30(18-46-49-23(3)19-48(11)20-24(49)4)39(54)32-33(40(35)55)38(53)28(8)42-34(32)43(56)45(10,61-42)59-17-16-31(58-12)25(5)41(60-29(9)50)27(7)37(52)26(6)36(21)51/h13-18,21,23-27,31,36-37,41,51-55H,19-20H2,1-12H3,(H,47,57). The van der Waals surface area contributed by atoms with Gasteiger partial charge in [0, 0.05) is 74.2 Å². The number of phenolic OH excluding ortho intramolecular Hbond substituents is 3. The molecule has 1 amide bonds.